The molecule has 3 nitrogen and oxygen atoms in total. The number of aromatic nitrogens is 2. The van der Waals surface area contributed by atoms with Crippen molar-refractivity contribution < 1.29 is 0 Å². The minimum Gasteiger partial charge on any atom is -0.398 e. The first-order chi connectivity index (χ1) is 8.84. The summed E-state index contributed by atoms with van der Waals surface area (Å²) in [6.07, 6.45) is 5.40. The van der Waals surface area contributed by atoms with Crippen molar-refractivity contribution in [3.05, 3.63) is 54.3 Å². The lowest BCUT2D eigenvalue weighted by atomic mass is 10.0. The normalized spacial score (nSPS) is 10.4. The lowest BCUT2D eigenvalue weighted by Gasteiger charge is -2.06. The summed E-state index contributed by atoms with van der Waals surface area (Å²) in [5.41, 5.74) is 9.91. The molecule has 0 aliphatic carbocycles. The monoisotopic (exact) mass is 253 g/mol. The minimum absolute atomic E-state index is 0.748. The molecule has 0 bridgehead atoms. The highest BCUT2D eigenvalue weighted by molar-refractivity contribution is 7.13. The van der Waals surface area contributed by atoms with E-state index in [1.165, 1.54) is 0 Å². The number of hydrogen-bond acceptors (Lipinski definition) is 4. The maximum Gasteiger partial charge on any atom is 0.125 e. The number of pyridine rings is 1. The van der Waals surface area contributed by atoms with Gasteiger partial charge >= 0.3 is 0 Å². The topological polar surface area (TPSA) is 51.8 Å². The highest BCUT2D eigenvalue weighted by Gasteiger charge is 2.07. The van der Waals surface area contributed by atoms with Crippen molar-refractivity contribution in [1.29, 1.82) is 0 Å². The van der Waals surface area contributed by atoms with Gasteiger partial charge in [-0.25, -0.2) is 4.98 Å². The Kier molecular flexibility index (Phi) is 2.78. The summed E-state index contributed by atoms with van der Waals surface area (Å²) in [6, 6.07) is 9.94. The number of nitrogens with zero attached hydrogens (tertiary/aromatic N) is 2. The first-order valence-electron chi connectivity index (χ1n) is 5.54. The molecule has 2 heterocycles. The largest absolute Gasteiger partial charge is 0.398 e. The fourth-order valence-electron chi connectivity index (χ4n) is 1.81. The summed E-state index contributed by atoms with van der Waals surface area (Å²) >= 11 is 1.59. The molecular formula is C14H11N3S. The maximum absolute atomic E-state index is 6.01. The van der Waals surface area contributed by atoms with E-state index in [-0.39, 0.29) is 0 Å². The fourth-order valence-corrected chi connectivity index (χ4v) is 2.49. The molecule has 0 fully saturated rings. The molecule has 0 spiro atoms. The molecule has 18 heavy (non-hydrogen) atoms. The van der Waals surface area contributed by atoms with Gasteiger partial charge in [0.2, 0.25) is 0 Å². The molecule has 2 aromatic heterocycles. The summed E-state index contributed by atoms with van der Waals surface area (Å²) in [6.45, 7) is 0. The van der Waals surface area contributed by atoms with E-state index >= 15 is 0 Å². The summed E-state index contributed by atoms with van der Waals surface area (Å²) in [5, 5.41) is 2.89. The van der Waals surface area contributed by atoms with Gasteiger partial charge < -0.3 is 5.73 Å². The minimum atomic E-state index is 0.748. The number of nitrogen functional groups attached to an aromatic ring is 1. The molecule has 88 valence electrons. The maximum atomic E-state index is 6.01. The van der Waals surface area contributed by atoms with Gasteiger partial charge in [-0.05, 0) is 23.8 Å². The second-order valence-corrected chi connectivity index (χ2v) is 4.78. The smallest absolute Gasteiger partial charge is 0.125 e. The third kappa shape index (κ3) is 1.98. The number of hydrogen-bond donors (Lipinski definition) is 1. The Bertz CT molecular complexity index is 648. The van der Waals surface area contributed by atoms with Crippen LogP contribution in [-0.2, 0) is 0 Å². The zero-order valence-electron chi connectivity index (χ0n) is 9.58. The van der Waals surface area contributed by atoms with Crippen molar-refractivity contribution in [2.75, 3.05) is 5.73 Å². The van der Waals surface area contributed by atoms with Crippen LogP contribution in [0.5, 0.6) is 0 Å². The average molecular weight is 253 g/mol. The molecule has 2 N–H and O–H groups in total. The van der Waals surface area contributed by atoms with Crippen LogP contribution in [0.15, 0.2) is 54.3 Å². The summed E-state index contributed by atoms with van der Waals surface area (Å²) in [7, 11) is 0. The van der Waals surface area contributed by atoms with Crippen molar-refractivity contribution in [2.45, 2.75) is 0 Å². The molecule has 0 aliphatic heterocycles. The zero-order chi connectivity index (χ0) is 12.4. The van der Waals surface area contributed by atoms with Crippen LogP contribution in [0, 0.1) is 0 Å². The fraction of sp³-hybridized carbons (Fsp3) is 0. The molecule has 3 rings (SSSR count). The predicted molar refractivity (Wildman–Crippen MR) is 75.2 cm³/mol. The highest BCUT2D eigenvalue weighted by atomic mass is 32.1. The Morgan fingerprint density at radius 1 is 1.06 bits per heavy atom. The molecule has 0 atom stereocenters. The zero-order valence-corrected chi connectivity index (χ0v) is 10.4. The molecule has 0 saturated carbocycles. The third-order valence-corrected chi connectivity index (χ3v) is 3.52. The standard InChI is InChI=1S/C14H11N3S/c15-13-4-3-10(11-2-1-5-16-9-11)8-12(13)14-17-6-7-18-14/h1-9H,15H2. The summed E-state index contributed by atoms with van der Waals surface area (Å²) < 4.78 is 0. The average Bonchev–Trinajstić information content (AvgIpc) is 2.94. The van der Waals surface area contributed by atoms with E-state index in [0.29, 0.717) is 0 Å². The third-order valence-electron chi connectivity index (χ3n) is 2.71. The lowest BCUT2D eigenvalue weighted by Crippen LogP contribution is -1.90. The predicted octanol–water partition coefficient (Wildman–Crippen LogP) is 3.45. The number of nitrogens with two attached hydrogens (primary N) is 1. The van der Waals surface area contributed by atoms with Gasteiger partial charge in [-0.3, -0.25) is 4.98 Å². The number of rotatable bonds is 2. The van der Waals surface area contributed by atoms with Crippen LogP contribution in [0.1, 0.15) is 0 Å². The lowest BCUT2D eigenvalue weighted by molar-refractivity contribution is 1.33. The van der Waals surface area contributed by atoms with E-state index in [2.05, 4.69) is 16.0 Å². The second kappa shape index (κ2) is 4.58. The molecule has 3 aromatic rings. The van der Waals surface area contributed by atoms with Crippen LogP contribution < -0.4 is 5.73 Å². The van der Waals surface area contributed by atoms with E-state index in [9.17, 15) is 0 Å². The van der Waals surface area contributed by atoms with E-state index in [0.717, 1.165) is 27.4 Å². The Balaban J connectivity index is 2.12. The van der Waals surface area contributed by atoms with Gasteiger partial charge in [-0.1, -0.05) is 12.1 Å². The summed E-state index contributed by atoms with van der Waals surface area (Å²) in [4.78, 5) is 8.44. The quantitative estimate of drug-likeness (QED) is 0.712. The van der Waals surface area contributed by atoms with Crippen molar-refractivity contribution >= 4 is 17.0 Å². The van der Waals surface area contributed by atoms with Crippen LogP contribution in [0.4, 0.5) is 5.69 Å². The van der Waals surface area contributed by atoms with Gasteiger partial charge in [-0.2, -0.15) is 0 Å². The van der Waals surface area contributed by atoms with Gasteiger partial charge in [-0.15, -0.1) is 11.3 Å². The molecule has 0 saturated heterocycles. The molecule has 0 unspecified atom stereocenters. The first kappa shape index (κ1) is 10.9. The van der Waals surface area contributed by atoms with Crippen LogP contribution >= 0.6 is 11.3 Å². The number of thiazole rings is 1. The SMILES string of the molecule is Nc1ccc(-c2cccnc2)cc1-c1nccs1. The van der Waals surface area contributed by atoms with Crippen molar-refractivity contribution in [2.24, 2.45) is 0 Å². The summed E-state index contributed by atoms with van der Waals surface area (Å²) in [5.74, 6) is 0. The van der Waals surface area contributed by atoms with Crippen LogP contribution in [0.3, 0.4) is 0 Å². The number of anilines is 1. The van der Waals surface area contributed by atoms with Crippen LogP contribution in [0.25, 0.3) is 21.7 Å². The van der Waals surface area contributed by atoms with E-state index < -0.39 is 0 Å². The van der Waals surface area contributed by atoms with Gasteiger partial charge in [0.05, 0.1) is 0 Å². The van der Waals surface area contributed by atoms with Gasteiger partial charge in [0.1, 0.15) is 5.01 Å². The van der Waals surface area contributed by atoms with E-state index in [1.807, 2.05) is 35.8 Å². The Morgan fingerprint density at radius 3 is 2.72 bits per heavy atom. The molecule has 0 aliphatic rings. The van der Waals surface area contributed by atoms with E-state index in [1.54, 1.807) is 23.7 Å². The Labute approximate surface area is 109 Å². The van der Waals surface area contributed by atoms with Crippen molar-refractivity contribution in [3.63, 3.8) is 0 Å². The Morgan fingerprint density at radius 2 is 2.00 bits per heavy atom. The van der Waals surface area contributed by atoms with Crippen molar-refractivity contribution in [1.82, 2.24) is 9.97 Å². The van der Waals surface area contributed by atoms with Crippen molar-refractivity contribution in [3.8, 4) is 21.7 Å². The molecule has 0 radical (unpaired) electrons. The molecule has 1 aromatic carbocycles. The van der Waals surface area contributed by atoms with Crippen LogP contribution in [0.2, 0.25) is 0 Å². The Hall–Kier alpha value is -2.20. The second-order valence-electron chi connectivity index (χ2n) is 3.88. The van der Waals surface area contributed by atoms with Gasteiger partial charge in [0, 0.05) is 40.8 Å². The van der Waals surface area contributed by atoms with E-state index in [4.69, 9.17) is 5.73 Å². The highest BCUT2D eigenvalue weighted by Crippen LogP contribution is 2.31. The molecule has 0 amide bonds. The molecular weight excluding hydrogens is 242 g/mol. The van der Waals surface area contributed by atoms with Gasteiger partial charge in [0.15, 0.2) is 0 Å². The first-order valence-corrected chi connectivity index (χ1v) is 6.42. The number of benzene rings is 1. The van der Waals surface area contributed by atoms with Gasteiger partial charge in [0.25, 0.3) is 0 Å². The van der Waals surface area contributed by atoms with Crippen LogP contribution in [-0.4, -0.2) is 9.97 Å². The molecule has 4 heteroatoms.